The molecule has 1 unspecified atom stereocenters. The molecule has 1 atom stereocenters. The van der Waals surface area contributed by atoms with Crippen LogP contribution >= 0.6 is 0 Å². The van der Waals surface area contributed by atoms with Gasteiger partial charge in [0.25, 0.3) is 0 Å². The molecule has 2 aromatic heterocycles. The molecule has 2 aliphatic carbocycles. The first-order valence-electron chi connectivity index (χ1n) is 10.5. The van der Waals surface area contributed by atoms with Gasteiger partial charge in [0.15, 0.2) is 0 Å². The van der Waals surface area contributed by atoms with Crippen LogP contribution in [0.15, 0.2) is 55.2 Å². The fourth-order valence-corrected chi connectivity index (χ4v) is 4.73. The number of benzene rings is 1. The highest BCUT2D eigenvalue weighted by atomic mass is 16.1. The minimum Gasteiger partial charge on any atom is -0.353 e. The lowest BCUT2D eigenvalue weighted by Gasteiger charge is -2.30. The zero-order chi connectivity index (χ0) is 19.6. The second-order valence-electron chi connectivity index (χ2n) is 8.10. The average Bonchev–Trinajstić information content (AvgIpc) is 3.43. The molecule has 5 rings (SSSR count). The van der Waals surface area contributed by atoms with Gasteiger partial charge >= 0.3 is 0 Å². The van der Waals surface area contributed by atoms with Crippen LogP contribution in [0.3, 0.4) is 0 Å². The Bertz CT molecular complexity index is 991. The second kappa shape index (κ2) is 7.78. The van der Waals surface area contributed by atoms with Crippen LogP contribution in [0.25, 0.3) is 11.3 Å². The van der Waals surface area contributed by atoms with Crippen LogP contribution < -0.4 is 5.32 Å². The van der Waals surface area contributed by atoms with Crippen molar-refractivity contribution in [2.24, 2.45) is 0 Å². The Morgan fingerprint density at radius 3 is 2.72 bits per heavy atom. The third-order valence-electron chi connectivity index (χ3n) is 6.33. The molecular weight excluding hydrogens is 362 g/mol. The Hall–Kier alpha value is -3.02. The number of rotatable bonds is 4. The number of carbonyl (C=O) groups excluding carboxylic acids is 1. The van der Waals surface area contributed by atoms with Crippen LogP contribution in [-0.2, 0) is 11.2 Å². The van der Waals surface area contributed by atoms with Crippen molar-refractivity contribution in [1.82, 2.24) is 25.1 Å². The summed E-state index contributed by atoms with van der Waals surface area (Å²) in [4.78, 5) is 21.3. The highest BCUT2D eigenvalue weighted by Gasteiger charge is 2.31. The largest absolute Gasteiger partial charge is 0.353 e. The van der Waals surface area contributed by atoms with Gasteiger partial charge in [-0.05, 0) is 49.7 Å². The first kappa shape index (κ1) is 18.0. The third-order valence-corrected chi connectivity index (χ3v) is 6.33. The number of hydrogen-bond acceptors (Lipinski definition) is 4. The molecule has 148 valence electrons. The molecule has 0 saturated heterocycles. The molecule has 0 spiro atoms. The predicted octanol–water partition coefficient (Wildman–Crippen LogP) is 3.67. The van der Waals surface area contributed by atoms with Crippen LogP contribution in [-0.4, -0.2) is 31.7 Å². The molecule has 0 aliphatic heterocycles. The van der Waals surface area contributed by atoms with E-state index in [9.17, 15) is 4.79 Å². The van der Waals surface area contributed by atoms with Crippen molar-refractivity contribution in [1.29, 1.82) is 0 Å². The summed E-state index contributed by atoms with van der Waals surface area (Å²) in [5, 5.41) is 7.87. The molecule has 0 bridgehead atoms. The number of aryl methyl sites for hydroxylation is 1. The van der Waals surface area contributed by atoms with E-state index >= 15 is 0 Å². The van der Waals surface area contributed by atoms with E-state index in [2.05, 4.69) is 49.5 Å². The Morgan fingerprint density at radius 1 is 1.03 bits per heavy atom. The molecule has 1 N–H and O–H groups in total. The van der Waals surface area contributed by atoms with E-state index in [1.165, 1.54) is 11.1 Å². The van der Waals surface area contributed by atoms with Gasteiger partial charge in [0.1, 0.15) is 0 Å². The Labute approximate surface area is 170 Å². The van der Waals surface area contributed by atoms with Gasteiger partial charge in [-0.1, -0.05) is 24.3 Å². The van der Waals surface area contributed by atoms with Gasteiger partial charge in [-0.25, -0.2) is 0 Å². The summed E-state index contributed by atoms with van der Waals surface area (Å²) < 4.78 is 2.05. The van der Waals surface area contributed by atoms with Crippen LogP contribution in [0.2, 0.25) is 0 Å². The van der Waals surface area contributed by atoms with Gasteiger partial charge in [0, 0.05) is 30.2 Å². The van der Waals surface area contributed by atoms with E-state index < -0.39 is 0 Å². The van der Waals surface area contributed by atoms with Crippen LogP contribution in [0.5, 0.6) is 0 Å². The highest BCUT2D eigenvalue weighted by molar-refractivity contribution is 5.85. The maximum absolute atomic E-state index is 12.8. The van der Waals surface area contributed by atoms with Crippen molar-refractivity contribution in [3.05, 3.63) is 66.4 Å². The number of fused-ring (bicyclic) bond motifs is 1. The second-order valence-corrected chi connectivity index (χ2v) is 8.10. The molecule has 1 aromatic carbocycles. The first-order valence-corrected chi connectivity index (χ1v) is 10.5. The number of amides is 1. The molecule has 1 saturated carbocycles. The summed E-state index contributed by atoms with van der Waals surface area (Å²) in [6.07, 6.45) is 15.0. The number of hydrogen-bond donors (Lipinski definition) is 1. The quantitative estimate of drug-likeness (QED) is 0.741. The number of carbonyl (C=O) groups is 1. The minimum absolute atomic E-state index is 0.0181. The summed E-state index contributed by atoms with van der Waals surface area (Å²) in [5.41, 5.74) is 4.38. The summed E-state index contributed by atoms with van der Waals surface area (Å²) in [5.74, 6) is 0.215. The Balaban J connectivity index is 1.17. The molecule has 0 radical (unpaired) electrons. The molecule has 2 heterocycles. The zero-order valence-electron chi connectivity index (χ0n) is 16.4. The molecule has 6 nitrogen and oxygen atoms in total. The number of nitrogens with zero attached hydrogens (tertiary/aromatic N) is 4. The van der Waals surface area contributed by atoms with Gasteiger partial charge in [-0.2, -0.15) is 5.10 Å². The van der Waals surface area contributed by atoms with Gasteiger partial charge in [-0.3, -0.25) is 19.4 Å². The van der Waals surface area contributed by atoms with Crippen molar-refractivity contribution < 1.29 is 4.79 Å². The van der Waals surface area contributed by atoms with Crippen molar-refractivity contribution in [3.8, 4) is 11.3 Å². The SMILES string of the molecule is O=C(NC1CCC(n2cc(-c3cnccn3)cn2)CC1)C1CCc2ccccc21. The monoisotopic (exact) mass is 387 g/mol. The lowest BCUT2D eigenvalue weighted by atomic mass is 9.90. The van der Waals surface area contributed by atoms with E-state index in [1.54, 1.807) is 18.6 Å². The van der Waals surface area contributed by atoms with Gasteiger partial charge in [0.2, 0.25) is 5.91 Å². The molecule has 6 heteroatoms. The van der Waals surface area contributed by atoms with Crippen molar-refractivity contribution in [2.75, 3.05) is 0 Å². The topological polar surface area (TPSA) is 72.7 Å². The molecule has 29 heavy (non-hydrogen) atoms. The first-order chi connectivity index (χ1) is 14.3. The van der Waals surface area contributed by atoms with E-state index in [0.717, 1.165) is 49.8 Å². The van der Waals surface area contributed by atoms with Gasteiger partial charge in [0.05, 0.1) is 30.0 Å². The van der Waals surface area contributed by atoms with Crippen molar-refractivity contribution in [2.45, 2.75) is 56.5 Å². The summed E-state index contributed by atoms with van der Waals surface area (Å²) in [6.45, 7) is 0. The summed E-state index contributed by atoms with van der Waals surface area (Å²) in [6, 6.07) is 8.99. The molecule has 1 amide bonds. The minimum atomic E-state index is 0.0181. The van der Waals surface area contributed by atoms with E-state index in [-0.39, 0.29) is 17.9 Å². The fourth-order valence-electron chi connectivity index (χ4n) is 4.73. The molecule has 1 fully saturated rings. The number of aromatic nitrogens is 4. The van der Waals surface area contributed by atoms with Crippen molar-refractivity contribution >= 4 is 5.91 Å². The maximum Gasteiger partial charge on any atom is 0.227 e. The standard InChI is InChI=1S/C23H25N5O/c29-23(21-10-5-16-3-1-2-4-20(16)21)27-18-6-8-19(9-7-18)28-15-17(13-26-28)22-14-24-11-12-25-22/h1-4,11-15,18-19,21H,5-10H2,(H,27,29). The normalized spacial score (nSPS) is 23.5. The summed E-state index contributed by atoms with van der Waals surface area (Å²) >= 11 is 0. The van der Waals surface area contributed by atoms with Crippen LogP contribution in [0.1, 0.15) is 55.2 Å². The Kier molecular flexibility index (Phi) is 4.84. The van der Waals surface area contributed by atoms with Crippen LogP contribution in [0, 0.1) is 0 Å². The molecule has 2 aliphatic rings. The van der Waals surface area contributed by atoms with Gasteiger partial charge < -0.3 is 5.32 Å². The maximum atomic E-state index is 12.8. The van der Waals surface area contributed by atoms with E-state index in [1.807, 2.05) is 12.3 Å². The third kappa shape index (κ3) is 3.67. The predicted molar refractivity (Wildman–Crippen MR) is 110 cm³/mol. The average molecular weight is 387 g/mol. The highest BCUT2D eigenvalue weighted by Crippen LogP contribution is 2.34. The fraction of sp³-hybridized carbons (Fsp3) is 0.391. The Morgan fingerprint density at radius 2 is 1.90 bits per heavy atom. The number of nitrogens with one attached hydrogen (secondary N) is 1. The van der Waals surface area contributed by atoms with E-state index in [4.69, 9.17) is 0 Å². The van der Waals surface area contributed by atoms with Crippen LogP contribution in [0.4, 0.5) is 0 Å². The van der Waals surface area contributed by atoms with Crippen molar-refractivity contribution in [3.63, 3.8) is 0 Å². The van der Waals surface area contributed by atoms with E-state index in [0.29, 0.717) is 6.04 Å². The van der Waals surface area contributed by atoms with Gasteiger partial charge in [-0.15, -0.1) is 0 Å². The lowest BCUT2D eigenvalue weighted by Crippen LogP contribution is -2.40. The molecule has 3 aromatic rings. The lowest BCUT2D eigenvalue weighted by molar-refractivity contribution is -0.123. The smallest absolute Gasteiger partial charge is 0.227 e. The molecular formula is C23H25N5O. The summed E-state index contributed by atoms with van der Waals surface area (Å²) in [7, 11) is 0. The zero-order valence-corrected chi connectivity index (χ0v) is 16.4.